The lowest BCUT2D eigenvalue weighted by molar-refractivity contribution is -0.132. The van der Waals surface area contributed by atoms with Gasteiger partial charge in [0.25, 0.3) is 0 Å². The molecule has 1 aromatic rings. The van der Waals surface area contributed by atoms with Gasteiger partial charge in [-0.05, 0) is 12.5 Å². The molecule has 1 rings (SSSR count). The SMILES string of the molecule is CC(N)CC(=O)NCC(=O)N(C)Cc1ccccc1. The van der Waals surface area contributed by atoms with Crippen molar-refractivity contribution < 1.29 is 9.59 Å². The fourth-order valence-electron chi connectivity index (χ4n) is 1.62. The molecule has 0 bridgehead atoms. The van der Waals surface area contributed by atoms with E-state index < -0.39 is 0 Å². The number of nitrogens with one attached hydrogen (secondary N) is 1. The van der Waals surface area contributed by atoms with Crippen LogP contribution < -0.4 is 11.1 Å². The highest BCUT2D eigenvalue weighted by Crippen LogP contribution is 2.02. The number of hydrogen-bond acceptors (Lipinski definition) is 3. The quantitative estimate of drug-likeness (QED) is 0.784. The van der Waals surface area contributed by atoms with Crippen molar-refractivity contribution in [2.75, 3.05) is 13.6 Å². The van der Waals surface area contributed by atoms with Gasteiger partial charge in [0.2, 0.25) is 11.8 Å². The first-order valence-electron chi connectivity index (χ1n) is 6.29. The predicted molar refractivity (Wildman–Crippen MR) is 74.2 cm³/mol. The summed E-state index contributed by atoms with van der Waals surface area (Å²) in [5.74, 6) is -0.321. The van der Waals surface area contributed by atoms with Crippen LogP contribution in [0, 0.1) is 0 Å². The second-order valence-corrected chi connectivity index (χ2v) is 4.69. The standard InChI is InChI=1S/C14H21N3O2/c1-11(15)8-13(18)16-9-14(19)17(2)10-12-6-4-3-5-7-12/h3-7,11H,8-10,15H2,1-2H3,(H,16,18). The van der Waals surface area contributed by atoms with Crippen molar-refractivity contribution in [2.24, 2.45) is 5.73 Å². The summed E-state index contributed by atoms with van der Waals surface area (Å²) in [5, 5.41) is 2.57. The smallest absolute Gasteiger partial charge is 0.242 e. The van der Waals surface area contributed by atoms with E-state index in [1.807, 2.05) is 30.3 Å². The minimum atomic E-state index is -0.198. The predicted octanol–water partition coefficient (Wildman–Crippen LogP) is 0.498. The Morgan fingerprint density at radius 2 is 1.95 bits per heavy atom. The molecule has 3 N–H and O–H groups in total. The van der Waals surface area contributed by atoms with Gasteiger partial charge in [0.1, 0.15) is 0 Å². The molecular weight excluding hydrogens is 242 g/mol. The molecule has 19 heavy (non-hydrogen) atoms. The van der Waals surface area contributed by atoms with Crippen molar-refractivity contribution in [1.29, 1.82) is 0 Å². The Hall–Kier alpha value is -1.88. The largest absolute Gasteiger partial charge is 0.347 e. The van der Waals surface area contributed by atoms with Crippen LogP contribution in [0.5, 0.6) is 0 Å². The highest BCUT2D eigenvalue weighted by molar-refractivity contribution is 5.84. The van der Waals surface area contributed by atoms with Crippen LogP contribution in [-0.2, 0) is 16.1 Å². The lowest BCUT2D eigenvalue weighted by Crippen LogP contribution is -2.39. The maximum absolute atomic E-state index is 11.8. The molecule has 2 amide bonds. The van der Waals surface area contributed by atoms with Gasteiger partial charge in [-0.3, -0.25) is 9.59 Å². The van der Waals surface area contributed by atoms with Gasteiger partial charge in [-0.25, -0.2) is 0 Å². The molecule has 0 fully saturated rings. The molecule has 0 heterocycles. The lowest BCUT2D eigenvalue weighted by atomic mass is 10.2. The summed E-state index contributed by atoms with van der Waals surface area (Å²) in [7, 11) is 1.72. The van der Waals surface area contributed by atoms with E-state index in [4.69, 9.17) is 5.73 Å². The molecule has 1 aromatic carbocycles. The minimum absolute atomic E-state index is 0.00882. The summed E-state index contributed by atoms with van der Waals surface area (Å²) in [6.07, 6.45) is 0.232. The van der Waals surface area contributed by atoms with Gasteiger partial charge in [-0.2, -0.15) is 0 Å². The highest BCUT2D eigenvalue weighted by Gasteiger charge is 2.11. The first-order chi connectivity index (χ1) is 8.99. The molecule has 0 aliphatic carbocycles. The Labute approximate surface area is 113 Å². The third-order valence-electron chi connectivity index (χ3n) is 2.63. The number of benzene rings is 1. The van der Waals surface area contributed by atoms with E-state index in [1.54, 1.807) is 18.9 Å². The van der Waals surface area contributed by atoms with Crippen LogP contribution in [0.25, 0.3) is 0 Å². The van der Waals surface area contributed by atoms with Crippen LogP contribution in [0.3, 0.4) is 0 Å². The number of nitrogens with zero attached hydrogens (tertiary/aromatic N) is 1. The van der Waals surface area contributed by atoms with Crippen LogP contribution >= 0.6 is 0 Å². The van der Waals surface area contributed by atoms with Crippen LogP contribution in [0.1, 0.15) is 18.9 Å². The van der Waals surface area contributed by atoms with Crippen LogP contribution in [0.15, 0.2) is 30.3 Å². The fraction of sp³-hybridized carbons (Fsp3) is 0.429. The van der Waals surface area contributed by atoms with Gasteiger partial charge in [0.15, 0.2) is 0 Å². The molecule has 0 aliphatic heterocycles. The van der Waals surface area contributed by atoms with Crippen LogP contribution in [0.4, 0.5) is 0 Å². The molecule has 0 aliphatic rings. The van der Waals surface area contributed by atoms with Gasteiger partial charge in [0.05, 0.1) is 6.54 Å². The van der Waals surface area contributed by atoms with Crippen LogP contribution in [-0.4, -0.2) is 36.3 Å². The maximum Gasteiger partial charge on any atom is 0.242 e. The van der Waals surface area contributed by atoms with E-state index >= 15 is 0 Å². The fourth-order valence-corrected chi connectivity index (χ4v) is 1.62. The molecule has 0 saturated heterocycles. The molecule has 1 unspecified atom stereocenters. The molecule has 104 valence electrons. The Morgan fingerprint density at radius 1 is 1.32 bits per heavy atom. The summed E-state index contributed by atoms with van der Waals surface area (Å²) in [5.41, 5.74) is 6.56. The van der Waals surface area contributed by atoms with Crippen molar-refractivity contribution >= 4 is 11.8 Å². The number of hydrogen-bond donors (Lipinski definition) is 2. The zero-order chi connectivity index (χ0) is 14.3. The topological polar surface area (TPSA) is 75.4 Å². The molecule has 0 aromatic heterocycles. The van der Waals surface area contributed by atoms with E-state index in [2.05, 4.69) is 5.32 Å². The third-order valence-corrected chi connectivity index (χ3v) is 2.63. The first-order valence-corrected chi connectivity index (χ1v) is 6.29. The molecule has 0 saturated carbocycles. The Kier molecular flexibility index (Phi) is 6.02. The van der Waals surface area contributed by atoms with Crippen molar-refractivity contribution in [3.05, 3.63) is 35.9 Å². The Bertz CT molecular complexity index is 418. The number of carbonyl (C=O) groups is 2. The van der Waals surface area contributed by atoms with E-state index in [9.17, 15) is 9.59 Å². The Morgan fingerprint density at radius 3 is 2.53 bits per heavy atom. The van der Waals surface area contributed by atoms with Gasteiger partial charge in [0, 0.05) is 26.1 Å². The highest BCUT2D eigenvalue weighted by atomic mass is 16.2. The molecule has 5 heteroatoms. The zero-order valence-electron chi connectivity index (χ0n) is 11.4. The van der Waals surface area contributed by atoms with Gasteiger partial charge in [-0.15, -0.1) is 0 Å². The number of likely N-dealkylation sites (N-methyl/N-ethyl adjacent to an activating group) is 1. The van der Waals surface area contributed by atoms with E-state index in [1.165, 1.54) is 0 Å². The van der Waals surface area contributed by atoms with E-state index in [0.717, 1.165) is 5.56 Å². The lowest BCUT2D eigenvalue weighted by Gasteiger charge is -2.17. The number of nitrogens with two attached hydrogens (primary N) is 1. The van der Waals surface area contributed by atoms with Crippen molar-refractivity contribution in [3.8, 4) is 0 Å². The second-order valence-electron chi connectivity index (χ2n) is 4.69. The van der Waals surface area contributed by atoms with Gasteiger partial charge < -0.3 is 16.0 Å². The molecule has 0 radical (unpaired) electrons. The normalized spacial score (nSPS) is 11.7. The Balaban J connectivity index is 2.35. The summed E-state index contributed by atoms with van der Waals surface area (Å²) >= 11 is 0. The first kappa shape index (κ1) is 15.2. The average molecular weight is 263 g/mol. The maximum atomic E-state index is 11.8. The molecular formula is C14H21N3O2. The van der Waals surface area contributed by atoms with Gasteiger partial charge >= 0.3 is 0 Å². The zero-order valence-corrected chi connectivity index (χ0v) is 11.4. The summed E-state index contributed by atoms with van der Waals surface area (Å²) in [6.45, 7) is 2.29. The molecule has 0 spiro atoms. The average Bonchev–Trinajstić information content (AvgIpc) is 2.36. The third kappa shape index (κ3) is 6.01. The number of amides is 2. The monoisotopic (exact) mass is 263 g/mol. The molecule has 1 atom stereocenters. The minimum Gasteiger partial charge on any atom is -0.347 e. The number of rotatable bonds is 6. The van der Waals surface area contributed by atoms with Crippen LogP contribution in [0.2, 0.25) is 0 Å². The van der Waals surface area contributed by atoms with Gasteiger partial charge in [-0.1, -0.05) is 30.3 Å². The summed E-state index contributed by atoms with van der Waals surface area (Å²) in [4.78, 5) is 24.8. The summed E-state index contributed by atoms with van der Waals surface area (Å²) < 4.78 is 0. The van der Waals surface area contributed by atoms with Crippen molar-refractivity contribution in [2.45, 2.75) is 25.9 Å². The van der Waals surface area contributed by atoms with E-state index in [-0.39, 0.29) is 30.8 Å². The molecule has 5 nitrogen and oxygen atoms in total. The van der Waals surface area contributed by atoms with E-state index in [0.29, 0.717) is 6.54 Å². The van der Waals surface area contributed by atoms with Crippen molar-refractivity contribution in [1.82, 2.24) is 10.2 Å². The van der Waals surface area contributed by atoms with Crippen molar-refractivity contribution in [3.63, 3.8) is 0 Å². The second kappa shape index (κ2) is 7.53. The number of carbonyl (C=O) groups excluding carboxylic acids is 2. The summed E-state index contributed by atoms with van der Waals surface area (Å²) in [6, 6.07) is 9.50.